The van der Waals surface area contributed by atoms with Crippen LogP contribution in [0.25, 0.3) is 0 Å². The number of methoxy groups -OCH3 is 2. The van der Waals surface area contributed by atoms with Crippen LogP contribution in [0.2, 0.25) is 10.0 Å². The number of rotatable bonds is 4. The maximum Gasteiger partial charge on any atom is 0.326 e. The van der Waals surface area contributed by atoms with Crippen molar-refractivity contribution in [3.8, 4) is 0 Å². The second kappa shape index (κ2) is 9.87. The highest BCUT2D eigenvalue weighted by molar-refractivity contribution is 6.32. The number of nitrogens with one attached hydrogen (secondary N) is 2. The van der Waals surface area contributed by atoms with Gasteiger partial charge >= 0.3 is 11.9 Å². The topological polar surface area (TPSA) is 111 Å². The molecule has 12 heteroatoms. The number of hydrogen-bond acceptors (Lipinski definition) is 8. The Balaban J connectivity index is 1.76. The summed E-state index contributed by atoms with van der Waals surface area (Å²) in [5.74, 6) is -9.86. The number of ether oxygens (including phenoxy) is 2. The molecule has 2 N–H and O–H groups in total. The largest absolute Gasteiger partial charge is 0.468 e. The number of benzene rings is 2. The Kier molecular flexibility index (Phi) is 7.06. The molecule has 3 aliphatic rings. The minimum atomic E-state index is -1.79. The Bertz CT molecular complexity index is 1310. The minimum absolute atomic E-state index is 0.0228. The predicted octanol–water partition coefficient (Wildman–Crippen LogP) is 3.74. The van der Waals surface area contributed by atoms with Gasteiger partial charge in [-0.05, 0) is 38.1 Å². The third kappa shape index (κ3) is 3.83. The van der Waals surface area contributed by atoms with E-state index in [-0.39, 0.29) is 21.2 Å². The molecule has 40 heavy (non-hydrogen) atoms. The molecule has 0 radical (unpaired) electrons. The smallest absolute Gasteiger partial charge is 0.326 e. The molecule has 0 aromatic heterocycles. The normalized spacial score (nSPS) is 34.8. The summed E-state index contributed by atoms with van der Waals surface area (Å²) in [6, 6.07) is 5.48. The SMILES string of the molecule is COC(=O)[C@@]1(C)N[C@@H](c2c(F)cccc2Cl)[C@H]2C(=O)[C@H]3[C@@H](C(=O)[C@H]21)[C@@](C)(C(=O)OC)N[C@H]3c1c(F)cccc1Cl. The first kappa shape index (κ1) is 28.6. The van der Waals surface area contributed by atoms with E-state index in [1.807, 2.05) is 0 Å². The van der Waals surface area contributed by atoms with E-state index in [9.17, 15) is 19.2 Å². The van der Waals surface area contributed by atoms with E-state index in [2.05, 4.69) is 10.6 Å². The molecule has 8 nitrogen and oxygen atoms in total. The lowest BCUT2D eigenvalue weighted by Crippen LogP contribution is -2.61. The maximum absolute atomic E-state index is 15.2. The molecular weight excluding hydrogens is 569 g/mol. The highest BCUT2D eigenvalue weighted by Crippen LogP contribution is 2.58. The Morgan fingerprint density at radius 1 is 0.750 bits per heavy atom. The zero-order valence-corrected chi connectivity index (χ0v) is 23.4. The first-order valence-electron chi connectivity index (χ1n) is 12.5. The molecule has 8 atom stereocenters. The fraction of sp³-hybridized carbons (Fsp3) is 0.429. The lowest BCUT2D eigenvalue weighted by molar-refractivity contribution is -0.160. The van der Waals surface area contributed by atoms with Gasteiger partial charge < -0.3 is 9.47 Å². The van der Waals surface area contributed by atoms with Gasteiger partial charge in [0.2, 0.25) is 0 Å². The first-order valence-corrected chi connectivity index (χ1v) is 13.3. The van der Waals surface area contributed by atoms with E-state index in [0.717, 1.165) is 26.4 Å². The minimum Gasteiger partial charge on any atom is -0.468 e. The molecule has 2 aromatic rings. The molecule has 0 amide bonds. The van der Waals surface area contributed by atoms with Gasteiger partial charge in [0.25, 0.3) is 0 Å². The molecule has 5 rings (SSSR count). The highest BCUT2D eigenvalue weighted by Gasteiger charge is 2.73. The number of esters is 2. The van der Waals surface area contributed by atoms with Crippen molar-refractivity contribution in [1.29, 1.82) is 0 Å². The summed E-state index contributed by atoms with van der Waals surface area (Å²) in [4.78, 5) is 55.4. The van der Waals surface area contributed by atoms with Gasteiger partial charge in [0.15, 0.2) is 0 Å². The van der Waals surface area contributed by atoms with Crippen LogP contribution in [-0.2, 0) is 28.7 Å². The summed E-state index contributed by atoms with van der Waals surface area (Å²) >= 11 is 12.8. The molecule has 0 unspecified atom stereocenters. The fourth-order valence-electron chi connectivity index (χ4n) is 7.02. The maximum atomic E-state index is 15.2. The predicted molar refractivity (Wildman–Crippen MR) is 139 cm³/mol. The van der Waals surface area contributed by atoms with E-state index < -0.39 is 82.0 Å². The Hall–Kier alpha value is -2.92. The number of hydrogen-bond donors (Lipinski definition) is 2. The second-order valence-corrected chi connectivity index (χ2v) is 11.5. The van der Waals surface area contributed by atoms with E-state index >= 15 is 8.78 Å². The van der Waals surface area contributed by atoms with Crippen LogP contribution in [0.15, 0.2) is 36.4 Å². The number of carbonyl (C=O) groups excluding carboxylic acids is 4. The summed E-state index contributed by atoms with van der Waals surface area (Å²) < 4.78 is 40.5. The van der Waals surface area contributed by atoms with Crippen molar-refractivity contribution in [2.24, 2.45) is 23.7 Å². The van der Waals surface area contributed by atoms with Crippen LogP contribution in [-0.4, -0.2) is 48.8 Å². The summed E-state index contributed by atoms with van der Waals surface area (Å²) in [7, 11) is 2.25. The standard InChI is InChI=1S/C28H26Cl2F2N2O6/c1-27(25(37)39-3)19-17(21(33-27)15-11(29)7-5-9-13(15)31)23(35)18-20(24(19)36)28(2,26(38)40-4)34-22(18)16-12(30)8-6-10-14(16)32/h5-10,17-22,33-34H,1-4H3/t17-,18-,19-,20-,21-,22-,27-,28-/m0/s1. The monoisotopic (exact) mass is 594 g/mol. The number of ketones is 2. The summed E-state index contributed by atoms with van der Waals surface area (Å²) in [5, 5.41) is 5.91. The van der Waals surface area contributed by atoms with Crippen LogP contribution in [0, 0.1) is 35.3 Å². The third-order valence-corrected chi connectivity index (χ3v) is 9.36. The zero-order chi connectivity index (χ0) is 29.3. The molecule has 3 fully saturated rings. The van der Waals surface area contributed by atoms with E-state index in [4.69, 9.17) is 32.7 Å². The van der Waals surface area contributed by atoms with Crippen LogP contribution < -0.4 is 10.6 Å². The molecule has 2 aromatic carbocycles. The number of fused-ring (bicyclic) bond motifs is 2. The lowest BCUT2D eigenvalue weighted by atomic mass is 9.58. The van der Waals surface area contributed by atoms with Gasteiger partial charge in [-0.15, -0.1) is 0 Å². The van der Waals surface area contributed by atoms with Gasteiger partial charge in [0.05, 0.1) is 26.1 Å². The molecule has 0 spiro atoms. The summed E-state index contributed by atoms with van der Waals surface area (Å²) in [6.45, 7) is 2.78. The van der Waals surface area contributed by atoms with Crippen LogP contribution in [0.4, 0.5) is 8.78 Å². The molecule has 2 heterocycles. The Labute approximate surface area is 238 Å². The molecule has 212 valence electrons. The van der Waals surface area contributed by atoms with Crippen molar-refractivity contribution in [2.75, 3.05) is 14.2 Å². The fourth-order valence-corrected chi connectivity index (χ4v) is 7.58. The van der Waals surface area contributed by atoms with Gasteiger partial charge in [0, 0.05) is 45.1 Å². The van der Waals surface area contributed by atoms with Crippen molar-refractivity contribution in [3.05, 3.63) is 69.2 Å². The summed E-state index contributed by atoms with van der Waals surface area (Å²) in [6.07, 6.45) is 0. The van der Waals surface area contributed by atoms with Crippen LogP contribution in [0.3, 0.4) is 0 Å². The van der Waals surface area contributed by atoms with Crippen molar-refractivity contribution in [3.63, 3.8) is 0 Å². The quantitative estimate of drug-likeness (QED) is 0.515. The Morgan fingerprint density at radius 3 is 1.45 bits per heavy atom. The van der Waals surface area contributed by atoms with Crippen LogP contribution in [0.1, 0.15) is 37.1 Å². The molecule has 0 bridgehead atoms. The van der Waals surface area contributed by atoms with Crippen molar-refractivity contribution >= 4 is 46.7 Å². The van der Waals surface area contributed by atoms with E-state index in [0.29, 0.717) is 0 Å². The number of carbonyl (C=O) groups is 4. The summed E-state index contributed by atoms with van der Waals surface area (Å²) in [5.41, 5.74) is -3.79. The Morgan fingerprint density at radius 2 is 1.12 bits per heavy atom. The molecule has 2 aliphatic heterocycles. The van der Waals surface area contributed by atoms with Crippen molar-refractivity contribution in [2.45, 2.75) is 37.0 Å². The van der Waals surface area contributed by atoms with Crippen molar-refractivity contribution in [1.82, 2.24) is 10.6 Å². The van der Waals surface area contributed by atoms with E-state index in [1.165, 1.54) is 38.1 Å². The lowest BCUT2D eigenvalue weighted by Gasteiger charge is -2.41. The molecule has 1 saturated carbocycles. The first-order chi connectivity index (χ1) is 18.8. The van der Waals surface area contributed by atoms with Gasteiger partial charge in [-0.3, -0.25) is 29.8 Å². The van der Waals surface area contributed by atoms with Gasteiger partial charge in [-0.1, -0.05) is 35.3 Å². The van der Waals surface area contributed by atoms with Crippen molar-refractivity contribution < 1.29 is 37.4 Å². The highest BCUT2D eigenvalue weighted by atomic mass is 35.5. The molecule has 1 aliphatic carbocycles. The average Bonchev–Trinajstić information content (AvgIpc) is 3.40. The van der Waals surface area contributed by atoms with E-state index in [1.54, 1.807) is 0 Å². The van der Waals surface area contributed by atoms with Gasteiger partial charge in [0.1, 0.15) is 34.3 Å². The molecule has 2 saturated heterocycles. The van der Waals surface area contributed by atoms with Gasteiger partial charge in [-0.2, -0.15) is 0 Å². The number of Topliss-reactive ketones (excluding diaryl/α,β-unsaturated/α-hetero) is 2. The van der Waals surface area contributed by atoms with Crippen LogP contribution in [0.5, 0.6) is 0 Å². The number of halogens is 4. The third-order valence-electron chi connectivity index (χ3n) is 8.70. The van der Waals surface area contributed by atoms with Crippen LogP contribution >= 0.6 is 23.2 Å². The zero-order valence-electron chi connectivity index (χ0n) is 21.9. The molecular formula is C28H26Cl2F2N2O6. The van der Waals surface area contributed by atoms with Gasteiger partial charge in [-0.25, -0.2) is 8.78 Å². The second-order valence-electron chi connectivity index (χ2n) is 10.7. The average molecular weight is 595 g/mol.